The smallest absolute Gasteiger partial charge is 0.239 e. The first kappa shape index (κ1) is 16.7. The van der Waals surface area contributed by atoms with Crippen LogP contribution in [0.1, 0.15) is 16.7 Å². The molecular formula is C18H16ClN3OS. The standard InChI is InChI=1S/C18H16ClN3OS/c1-12-6-8-13(9-7-12)10-16-17(23)21-18(24-16)22-20-11-14-4-2-3-5-15(14)19/h2-9,11,16H,10H2,1H3,(H,21,22,23). The number of hydrogen-bond acceptors (Lipinski definition) is 4. The Kier molecular flexibility index (Phi) is 5.33. The van der Waals surface area contributed by atoms with E-state index in [0.29, 0.717) is 16.6 Å². The van der Waals surface area contributed by atoms with E-state index in [1.807, 2.05) is 37.3 Å². The van der Waals surface area contributed by atoms with Crippen LogP contribution in [-0.4, -0.2) is 22.5 Å². The van der Waals surface area contributed by atoms with Crippen LogP contribution >= 0.6 is 23.4 Å². The Morgan fingerprint density at radius 2 is 1.96 bits per heavy atom. The Morgan fingerprint density at radius 3 is 2.71 bits per heavy atom. The molecule has 0 radical (unpaired) electrons. The van der Waals surface area contributed by atoms with Crippen molar-refractivity contribution >= 4 is 40.7 Å². The van der Waals surface area contributed by atoms with E-state index in [0.717, 1.165) is 11.1 Å². The quantitative estimate of drug-likeness (QED) is 0.668. The third-order valence-corrected chi connectivity index (χ3v) is 4.99. The summed E-state index contributed by atoms with van der Waals surface area (Å²) in [7, 11) is 0. The van der Waals surface area contributed by atoms with Crippen molar-refractivity contribution in [2.24, 2.45) is 10.2 Å². The number of aryl methyl sites for hydroxylation is 1. The molecule has 1 saturated heterocycles. The number of nitrogens with one attached hydrogen (secondary N) is 1. The number of carbonyl (C=O) groups excluding carboxylic acids is 1. The Balaban J connectivity index is 1.63. The van der Waals surface area contributed by atoms with Gasteiger partial charge in [0.25, 0.3) is 0 Å². The maximum Gasteiger partial charge on any atom is 0.239 e. The SMILES string of the molecule is Cc1ccc(CC2S/C(=N/N=Cc3ccccc3Cl)NC2=O)cc1. The third kappa shape index (κ3) is 4.24. The third-order valence-electron chi connectivity index (χ3n) is 3.57. The molecule has 0 aromatic heterocycles. The fourth-order valence-electron chi connectivity index (χ4n) is 2.25. The summed E-state index contributed by atoms with van der Waals surface area (Å²) in [5.41, 5.74) is 3.13. The molecule has 4 nitrogen and oxygen atoms in total. The minimum Gasteiger partial charge on any atom is -0.303 e. The first-order chi connectivity index (χ1) is 11.6. The molecule has 1 heterocycles. The minimum absolute atomic E-state index is 0.0349. The van der Waals surface area contributed by atoms with Crippen LogP contribution in [0.3, 0.4) is 0 Å². The second-order valence-electron chi connectivity index (χ2n) is 5.46. The molecule has 2 aromatic carbocycles. The van der Waals surface area contributed by atoms with Crippen LogP contribution in [0, 0.1) is 6.92 Å². The highest BCUT2D eigenvalue weighted by molar-refractivity contribution is 8.15. The highest BCUT2D eigenvalue weighted by Crippen LogP contribution is 2.23. The molecule has 1 N–H and O–H groups in total. The lowest BCUT2D eigenvalue weighted by Gasteiger charge is -2.05. The van der Waals surface area contributed by atoms with Crippen LogP contribution in [0.2, 0.25) is 5.02 Å². The highest BCUT2D eigenvalue weighted by Gasteiger charge is 2.30. The molecule has 0 aliphatic carbocycles. The minimum atomic E-state index is -0.179. The van der Waals surface area contributed by atoms with Crippen LogP contribution < -0.4 is 5.32 Å². The van der Waals surface area contributed by atoms with Gasteiger partial charge in [0, 0.05) is 10.6 Å². The summed E-state index contributed by atoms with van der Waals surface area (Å²) < 4.78 is 0. The summed E-state index contributed by atoms with van der Waals surface area (Å²) in [6.07, 6.45) is 2.25. The molecule has 1 unspecified atom stereocenters. The van der Waals surface area contributed by atoms with E-state index in [-0.39, 0.29) is 11.2 Å². The number of thioether (sulfide) groups is 1. The zero-order chi connectivity index (χ0) is 16.9. The van der Waals surface area contributed by atoms with Gasteiger partial charge in [-0.3, -0.25) is 4.79 Å². The molecule has 3 rings (SSSR count). The van der Waals surface area contributed by atoms with Crippen molar-refractivity contribution in [1.29, 1.82) is 0 Å². The fourth-order valence-corrected chi connectivity index (χ4v) is 3.40. The van der Waals surface area contributed by atoms with Crippen molar-refractivity contribution in [2.75, 3.05) is 0 Å². The van der Waals surface area contributed by atoms with Gasteiger partial charge in [0.05, 0.1) is 11.5 Å². The van der Waals surface area contributed by atoms with E-state index in [4.69, 9.17) is 11.6 Å². The average molecular weight is 358 g/mol. The van der Waals surface area contributed by atoms with E-state index in [9.17, 15) is 4.79 Å². The molecule has 0 spiro atoms. The summed E-state index contributed by atoms with van der Waals surface area (Å²) >= 11 is 7.45. The first-order valence-electron chi connectivity index (χ1n) is 7.50. The van der Waals surface area contributed by atoms with E-state index in [1.165, 1.54) is 17.3 Å². The van der Waals surface area contributed by atoms with Crippen molar-refractivity contribution in [3.8, 4) is 0 Å². The van der Waals surface area contributed by atoms with Gasteiger partial charge in [-0.25, -0.2) is 0 Å². The van der Waals surface area contributed by atoms with Crippen LogP contribution in [0.4, 0.5) is 0 Å². The van der Waals surface area contributed by atoms with Crippen molar-refractivity contribution < 1.29 is 4.79 Å². The zero-order valence-corrected chi connectivity index (χ0v) is 14.6. The zero-order valence-electron chi connectivity index (χ0n) is 13.1. The van der Waals surface area contributed by atoms with Gasteiger partial charge in [-0.1, -0.05) is 71.4 Å². The predicted octanol–water partition coefficient (Wildman–Crippen LogP) is 3.81. The van der Waals surface area contributed by atoms with Crippen LogP contribution in [0.5, 0.6) is 0 Å². The Labute approximate surface area is 150 Å². The molecule has 0 bridgehead atoms. The van der Waals surface area contributed by atoms with Gasteiger partial charge in [0.1, 0.15) is 0 Å². The number of amides is 1. The summed E-state index contributed by atoms with van der Waals surface area (Å²) in [4.78, 5) is 12.1. The molecule has 0 saturated carbocycles. The largest absolute Gasteiger partial charge is 0.303 e. The molecule has 1 fully saturated rings. The lowest BCUT2D eigenvalue weighted by atomic mass is 10.1. The number of benzene rings is 2. The second-order valence-corrected chi connectivity index (χ2v) is 7.06. The van der Waals surface area contributed by atoms with Crippen LogP contribution in [0.25, 0.3) is 0 Å². The maximum absolute atomic E-state index is 12.1. The Morgan fingerprint density at radius 1 is 1.21 bits per heavy atom. The van der Waals surface area contributed by atoms with E-state index in [1.54, 1.807) is 12.3 Å². The Hall–Kier alpha value is -2.11. The summed E-state index contributed by atoms with van der Waals surface area (Å²) in [5, 5.41) is 11.8. The molecular weight excluding hydrogens is 342 g/mol. The van der Waals surface area contributed by atoms with Gasteiger partial charge in [-0.05, 0) is 25.0 Å². The average Bonchev–Trinajstić information content (AvgIpc) is 2.91. The van der Waals surface area contributed by atoms with Gasteiger partial charge >= 0.3 is 0 Å². The normalized spacial score (nSPS) is 19.2. The van der Waals surface area contributed by atoms with Gasteiger partial charge in [-0.15, -0.1) is 5.10 Å². The Bertz CT molecular complexity index is 802. The molecule has 1 atom stereocenters. The highest BCUT2D eigenvalue weighted by atomic mass is 35.5. The molecule has 24 heavy (non-hydrogen) atoms. The molecule has 2 aromatic rings. The predicted molar refractivity (Wildman–Crippen MR) is 101 cm³/mol. The number of rotatable bonds is 4. The van der Waals surface area contributed by atoms with Crippen molar-refractivity contribution in [3.05, 3.63) is 70.2 Å². The summed E-state index contributed by atoms with van der Waals surface area (Å²) in [6, 6.07) is 15.6. The topological polar surface area (TPSA) is 53.8 Å². The van der Waals surface area contributed by atoms with Crippen molar-refractivity contribution in [1.82, 2.24) is 5.32 Å². The number of nitrogens with zero attached hydrogens (tertiary/aromatic N) is 2. The van der Waals surface area contributed by atoms with Gasteiger partial charge in [0.15, 0.2) is 5.17 Å². The van der Waals surface area contributed by atoms with Crippen LogP contribution in [-0.2, 0) is 11.2 Å². The monoisotopic (exact) mass is 357 g/mol. The van der Waals surface area contributed by atoms with Gasteiger partial charge < -0.3 is 5.32 Å². The number of hydrogen-bond donors (Lipinski definition) is 1. The second kappa shape index (κ2) is 7.64. The molecule has 6 heteroatoms. The lowest BCUT2D eigenvalue weighted by Crippen LogP contribution is -2.25. The van der Waals surface area contributed by atoms with Gasteiger partial charge in [0.2, 0.25) is 5.91 Å². The molecule has 1 aliphatic rings. The van der Waals surface area contributed by atoms with E-state index >= 15 is 0 Å². The van der Waals surface area contributed by atoms with E-state index < -0.39 is 0 Å². The summed E-state index contributed by atoms with van der Waals surface area (Å²) in [5.74, 6) is -0.0349. The summed E-state index contributed by atoms with van der Waals surface area (Å²) in [6.45, 7) is 2.04. The maximum atomic E-state index is 12.1. The number of carbonyl (C=O) groups is 1. The molecule has 1 aliphatic heterocycles. The number of halogens is 1. The number of amidine groups is 1. The van der Waals surface area contributed by atoms with Crippen molar-refractivity contribution in [2.45, 2.75) is 18.6 Å². The fraction of sp³-hybridized carbons (Fsp3) is 0.167. The van der Waals surface area contributed by atoms with Gasteiger partial charge in [-0.2, -0.15) is 5.10 Å². The lowest BCUT2D eigenvalue weighted by molar-refractivity contribution is -0.118. The van der Waals surface area contributed by atoms with Crippen LogP contribution in [0.15, 0.2) is 58.7 Å². The van der Waals surface area contributed by atoms with Crippen molar-refractivity contribution in [3.63, 3.8) is 0 Å². The van der Waals surface area contributed by atoms with E-state index in [2.05, 4.69) is 27.7 Å². The molecule has 122 valence electrons. The first-order valence-corrected chi connectivity index (χ1v) is 8.76. The molecule has 1 amide bonds.